The van der Waals surface area contributed by atoms with E-state index in [1.165, 1.54) is 0 Å². The molecule has 126 valence electrons. The maximum absolute atomic E-state index is 12.0. The minimum atomic E-state index is -0.307. The van der Waals surface area contributed by atoms with Gasteiger partial charge in [0, 0.05) is 5.02 Å². The van der Waals surface area contributed by atoms with E-state index in [2.05, 4.69) is 10.5 Å². The number of hydrogen-bond acceptors (Lipinski definition) is 3. The van der Waals surface area contributed by atoms with Crippen LogP contribution >= 0.6 is 11.6 Å². The first-order valence-corrected chi connectivity index (χ1v) is 8.16. The standard InChI is InChI=1S/C19H21ClN2O2/c1-13(2)19(15-7-5-4-6-8-15)22-21-18(23)12-24-17-10-9-16(20)11-14(17)3/h4-11,13H,12H2,1-3H3,(H,21,23). The van der Waals surface area contributed by atoms with Gasteiger partial charge in [0.25, 0.3) is 5.91 Å². The summed E-state index contributed by atoms with van der Waals surface area (Å²) in [5.41, 5.74) is 5.26. The van der Waals surface area contributed by atoms with Crippen molar-refractivity contribution < 1.29 is 9.53 Å². The maximum Gasteiger partial charge on any atom is 0.277 e. The average molecular weight is 345 g/mol. The summed E-state index contributed by atoms with van der Waals surface area (Å²) in [6.07, 6.45) is 0. The third-order valence-electron chi connectivity index (χ3n) is 3.41. The summed E-state index contributed by atoms with van der Waals surface area (Å²) in [4.78, 5) is 12.0. The quantitative estimate of drug-likeness (QED) is 0.630. The minimum Gasteiger partial charge on any atom is -0.483 e. The number of hydrogen-bond donors (Lipinski definition) is 1. The Hall–Kier alpha value is -2.33. The van der Waals surface area contributed by atoms with Crippen molar-refractivity contribution in [3.8, 4) is 5.75 Å². The number of aryl methyl sites for hydroxylation is 1. The van der Waals surface area contributed by atoms with Gasteiger partial charge < -0.3 is 4.74 Å². The summed E-state index contributed by atoms with van der Waals surface area (Å²) in [5, 5.41) is 4.90. The number of carbonyl (C=O) groups is 1. The number of halogens is 1. The van der Waals surface area contributed by atoms with E-state index in [0.717, 1.165) is 16.8 Å². The third kappa shape index (κ3) is 5.10. The van der Waals surface area contributed by atoms with Crippen LogP contribution in [0.3, 0.4) is 0 Å². The zero-order chi connectivity index (χ0) is 17.5. The van der Waals surface area contributed by atoms with Gasteiger partial charge in [-0.25, -0.2) is 5.43 Å². The number of carbonyl (C=O) groups excluding carboxylic acids is 1. The molecule has 0 saturated carbocycles. The smallest absolute Gasteiger partial charge is 0.277 e. The highest BCUT2D eigenvalue weighted by atomic mass is 35.5. The number of hydrazone groups is 1. The topological polar surface area (TPSA) is 50.7 Å². The number of amides is 1. The molecule has 0 unspecified atom stereocenters. The second kappa shape index (κ2) is 8.50. The zero-order valence-electron chi connectivity index (χ0n) is 14.0. The van der Waals surface area contributed by atoms with Crippen molar-refractivity contribution in [1.29, 1.82) is 0 Å². The van der Waals surface area contributed by atoms with Gasteiger partial charge in [0.1, 0.15) is 5.75 Å². The molecule has 0 bridgehead atoms. The van der Waals surface area contributed by atoms with Gasteiger partial charge in [0.15, 0.2) is 6.61 Å². The Morgan fingerprint density at radius 2 is 1.92 bits per heavy atom. The normalized spacial score (nSPS) is 11.5. The van der Waals surface area contributed by atoms with Gasteiger partial charge in [-0.1, -0.05) is 55.8 Å². The molecule has 0 aliphatic heterocycles. The molecule has 0 radical (unpaired) electrons. The highest BCUT2D eigenvalue weighted by molar-refractivity contribution is 6.30. The summed E-state index contributed by atoms with van der Waals surface area (Å²) < 4.78 is 5.51. The summed E-state index contributed by atoms with van der Waals surface area (Å²) in [7, 11) is 0. The van der Waals surface area contributed by atoms with Crippen molar-refractivity contribution in [3.63, 3.8) is 0 Å². The molecular formula is C19H21ClN2O2. The molecule has 2 aromatic carbocycles. The van der Waals surface area contributed by atoms with Crippen LogP contribution in [0.4, 0.5) is 0 Å². The van der Waals surface area contributed by atoms with Crippen molar-refractivity contribution in [2.45, 2.75) is 20.8 Å². The average Bonchev–Trinajstić information content (AvgIpc) is 2.55. The maximum atomic E-state index is 12.0. The van der Waals surface area contributed by atoms with Crippen LogP contribution in [-0.2, 0) is 4.79 Å². The fourth-order valence-corrected chi connectivity index (χ4v) is 2.44. The molecular weight excluding hydrogens is 324 g/mol. The first kappa shape index (κ1) is 18.0. The molecule has 5 heteroatoms. The van der Waals surface area contributed by atoms with E-state index in [1.54, 1.807) is 18.2 Å². The summed E-state index contributed by atoms with van der Waals surface area (Å²) in [6, 6.07) is 15.0. The van der Waals surface area contributed by atoms with E-state index in [4.69, 9.17) is 16.3 Å². The van der Waals surface area contributed by atoms with Crippen molar-refractivity contribution in [2.75, 3.05) is 6.61 Å². The van der Waals surface area contributed by atoms with Gasteiger partial charge in [-0.05, 0) is 42.2 Å². The number of nitrogens with zero attached hydrogens (tertiary/aromatic N) is 1. The van der Waals surface area contributed by atoms with Gasteiger partial charge in [0.05, 0.1) is 5.71 Å². The number of rotatable bonds is 6. The molecule has 0 aromatic heterocycles. The van der Waals surface area contributed by atoms with Crippen LogP contribution < -0.4 is 10.2 Å². The van der Waals surface area contributed by atoms with Crippen LogP contribution in [0.25, 0.3) is 0 Å². The lowest BCUT2D eigenvalue weighted by atomic mass is 10.0. The van der Waals surface area contributed by atoms with Crippen LogP contribution in [0.2, 0.25) is 5.02 Å². The van der Waals surface area contributed by atoms with E-state index in [-0.39, 0.29) is 18.4 Å². The molecule has 0 heterocycles. The van der Waals surface area contributed by atoms with E-state index in [0.29, 0.717) is 10.8 Å². The second-order valence-electron chi connectivity index (χ2n) is 5.75. The van der Waals surface area contributed by atoms with Crippen LogP contribution in [-0.4, -0.2) is 18.2 Å². The molecule has 4 nitrogen and oxygen atoms in total. The lowest BCUT2D eigenvalue weighted by molar-refractivity contribution is -0.123. The molecule has 1 N–H and O–H groups in total. The van der Waals surface area contributed by atoms with Crippen molar-refractivity contribution in [3.05, 3.63) is 64.7 Å². The summed E-state index contributed by atoms with van der Waals surface area (Å²) in [6.45, 7) is 5.84. The second-order valence-corrected chi connectivity index (χ2v) is 6.19. The van der Waals surface area contributed by atoms with Crippen LogP contribution in [0, 0.1) is 12.8 Å². The lowest BCUT2D eigenvalue weighted by Crippen LogP contribution is -2.27. The van der Waals surface area contributed by atoms with E-state index in [9.17, 15) is 4.79 Å². The Bertz CT molecular complexity index is 727. The summed E-state index contributed by atoms with van der Waals surface area (Å²) >= 11 is 5.90. The van der Waals surface area contributed by atoms with Crippen LogP contribution in [0.5, 0.6) is 5.75 Å². The van der Waals surface area contributed by atoms with Crippen LogP contribution in [0.1, 0.15) is 25.0 Å². The SMILES string of the molecule is Cc1cc(Cl)ccc1OCC(=O)NN=C(c1ccccc1)C(C)C. The zero-order valence-corrected chi connectivity index (χ0v) is 14.8. The largest absolute Gasteiger partial charge is 0.483 e. The molecule has 0 spiro atoms. The molecule has 0 saturated heterocycles. The Morgan fingerprint density at radius 1 is 1.21 bits per heavy atom. The summed E-state index contributed by atoms with van der Waals surface area (Å²) in [5.74, 6) is 0.510. The molecule has 0 atom stereocenters. The van der Waals surface area contributed by atoms with Crippen molar-refractivity contribution >= 4 is 23.2 Å². The number of ether oxygens (including phenoxy) is 1. The molecule has 24 heavy (non-hydrogen) atoms. The molecule has 2 rings (SSSR count). The number of nitrogens with one attached hydrogen (secondary N) is 1. The first-order chi connectivity index (χ1) is 11.5. The highest BCUT2D eigenvalue weighted by Crippen LogP contribution is 2.21. The van der Waals surface area contributed by atoms with E-state index in [1.807, 2.05) is 51.1 Å². The predicted molar refractivity (Wildman–Crippen MR) is 97.6 cm³/mol. The van der Waals surface area contributed by atoms with Gasteiger partial charge >= 0.3 is 0 Å². The van der Waals surface area contributed by atoms with Gasteiger partial charge in [0.2, 0.25) is 0 Å². The molecule has 2 aromatic rings. The fourth-order valence-electron chi connectivity index (χ4n) is 2.21. The third-order valence-corrected chi connectivity index (χ3v) is 3.65. The van der Waals surface area contributed by atoms with Gasteiger partial charge in [-0.3, -0.25) is 4.79 Å². The number of benzene rings is 2. The Kier molecular flexibility index (Phi) is 6.38. The molecule has 0 aliphatic carbocycles. The molecule has 1 amide bonds. The Balaban J connectivity index is 1.98. The molecule has 0 aliphatic rings. The Morgan fingerprint density at radius 3 is 2.54 bits per heavy atom. The van der Waals surface area contributed by atoms with E-state index < -0.39 is 0 Å². The molecule has 0 fully saturated rings. The fraction of sp³-hybridized carbons (Fsp3) is 0.263. The van der Waals surface area contributed by atoms with Crippen molar-refractivity contribution in [2.24, 2.45) is 11.0 Å². The van der Waals surface area contributed by atoms with E-state index >= 15 is 0 Å². The van der Waals surface area contributed by atoms with Crippen molar-refractivity contribution in [1.82, 2.24) is 5.43 Å². The Labute approximate surface area is 147 Å². The first-order valence-electron chi connectivity index (χ1n) is 7.78. The van der Waals surface area contributed by atoms with Gasteiger partial charge in [-0.15, -0.1) is 0 Å². The van der Waals surface area contributed by atoms with Crippen LogP contribution in [0.15, 0.2) is 53.6 Å². The predicted octanol–water partition coefficient (Wildman–Crippen LogP) is 4.20. The van der Waals surface area contributed by atoms with Gasteiger partial charge in [-0.2, -0.15) is 5.10 Å². The minimum absolute atomic E-state index is 0.105. The lowest BCUT2D eigenvalue weighted by Gasteiger charge is -2.11. The highest BCUT2D eigenvalue weighted by Gasteiger charge is 2.10. The monoisotopic (exact) mass is 344 g/mol.